The van der Waals surface area contributed by atoms with E-state index in [2.05, 4.69) is 18.9 Å². The molecule has 4 heteroatoms. The molecule has 0 spiro atoms. The van der Waals surface area contributed by atoms with Gasteiger partial charge in [-0.25, -0.2) is 0 Å². The fourth-order valence-corrected chi connectivity index (χ4v) is 1.67. The second-order valence-electron chi connectivity index (χ2n) is 4.85. The average molecular weight is 238 g/mol. The Hall–Kier alpha value is -1.32. The highest BCUT2D eigenvalue weighted by molar-refractivity contribution is 5.69. The van der Waals surface area contributed by atoms with E-state index in [0.29, 0.717) is 6.04 Å². The highest BCUT2D eigenvalue weighted by Crippen LogP contribution is 2.17. The molecule has 0 aliphatic heterocycles. The molecule has 1 rings (SSSR count). The van der Waals surface area contributed by atoms with Crippen molar-refractivity contribution in [3.63, 3.8) is 0 Å². The Kier molecular flexibility index (Phi) is 4.73. The quantitative estimate of drug-likeness (QED) is 0.829. The third-order valence-electron chi connectivity index (χ3n) is 3.48. The molecule has 0 aliphatic carbocycles. The fraction of sp³-hybridized carbons (Fsp3) is 0.692. The Labute approximate surface area is 103 Å². The van der Waals surface area contributed by atoms with Crippen LogP contribution in [0.15, 0.2) is 12.3 Å². The molecule has 0 radical (unpaired) electrons. The van der Waals surface area contributed by atoms with Gasteiger partial charge in [0.15, 0.2) is 0 Å². The molecule has 0 saturated heterocycles. The summed E-state index contributed by atoms with van der Waals surface area (Å²) < 4.78 is 1.95. The smallest absolute Gasteiger partial charge is 0.306 e. The summed E-state index contributed by atoms with van der Waals surface area (Å²) in [5, 5.41) is 13.4. The molecule has 1 aromatic rings. The minimum atomic E-state index is -0.737. The summed E-state index contributed by atoms with van der Waals surface area (Å²) in [6.07, 6.45) is 3.74. The fourth-order valence-electron chi connectivity index (χ4n) is 1.67. The molecule has 17 heavy (non-hydrogen) atoms. The lowest BCUT2D eigenvalue weighted by molar-refractivity contribution is -0.142. The summed E-state index contributed by atoms with van der Waals surface area (Å²) in [5.74, 6) is -0.963. The van der Waals surface area contributed by atoms with Gasteiger partial charge in [-0.2, -0.15) is 5.10 Å². The van der Waals surface area contributed by atoms with E-state index in [9.17, 15) is 4.79 Å². The predicted octanol–water partition coefficient (Wildman–Crippen LogP) is 2.75. The molecule has 3 unspecified atom stereocenters. The van der Waals surface area contributed by atoms with Crippen LogP contribution in [0, 0.1) is 11.8 Å². The zero-order chi connectivity index (χ0) is 13.0. The Bertz CT molecular complexity index is 373. The highest BCUT2D eigenvalue weighted by atomic mass is 16.4. The minimum Gasteiger partial charge on any atom is -0.481 e. The second-order valence-corrected chi connectivity index (χ2v) is 4.85. The highest BCUT2D eigenvalue weighted by Gasteiger charge is 2.20. The van der Waals surface area contributed by atoms with Crippen LogP contribution in [0.5, 0.6) is 0 Å². The van der Waals surface area contributed by atoms with E-state index in [4.69, 9.17) is 5.11 Å². The number of hydrogen-bond donors (Lipinski definition) is 1. The van der Waals surface area contributed by atoms with Crippen LogP contribution in [0.2, 0.25) is 0 Å². The molecule has 3 atom stereocenters. The van der Waals surface area contributed by atoms with Crippen molar-refractivity contribution < 1.29 is 9.90 Å². The molecule has 0 amide bonds. The van der Waals surface area contributed by atoms with Gasteiger partial charge in [-0.1, -0.05) is 20.8 Å². The lowest BCUT2D eigenvalue weighted by Gasteiger charge is -2.14. The molecular weight excluding hydrogens is 216 g/mol. The monoisotopic (exact) mass is 238 g/mol. The van der Waals surface area contributed by atoms with Crippen molar-refractivity contribution in [2.75, 3.05) is 0 Å². The first-order valence-corrected chi connectivity index (χ1v) is 6.22. The summed E-state index contributed by atoms with van der Waals surface area (Å²) >= 11 is 0. The number of aliphatic carboxylic acids is 1. The Morgan fingerprint density at radius 2 is 2.12 bits per heavy atom. The summed E-state index contributed by atoms with van der Waals surface area (Å²) in [6, 6.07) is 2.38. The molecule has 0 saturated carbocycles. The lowest BCUT2D eigenvalue weighted by Crippen LogP contribution is -2.20. The maximum Gasteiger partial charge on any atom is 0.306 e. The van der Waals surface area contributed by atoms with Crippen LogP contribution >= 0.6 is 0 Å². The van der Waals surface area contributed by atoms with Crippen LogP contribution in [0.1, 0.15) is 45.9 Å². The maximum absolute atomic E-state index is 10.9. The molecule has 1 aromatic heterocycles. The molecule has 0 aliphatic rings. The standard InChI is InChI=1S/C13H22N2O2/c1-5-10(3)15-7-6-12(14-15)8-9(2)11(4)13(16)17/h6-7,9-11H,5,8H2,1-4H3,(H,16,17). The van der Waals surface area contributed by atoms with Gasteiger partial charge in [0.1, 0.15) is 0 Å². The van der Waals surface area contributed by atoms with Crippen molar-refractivity contribution in [3.8, 4) is 0 Å². The third kappa shape index (κ3) is 3.58. The Balaban J connectivity index is 2.63. The Morgan fingerprint density at radius 3 is 2.65 bits per heavy atom. The van der Waals surface area contributed by atoms with Crippen molar-refractivity contribution in [3.05, 3.63) is 18.0 Å². The molecule has 4 nitrogen and oxygen atoms in total. The van der Waals surface area contributed by atoms with E-state index in [0.717, 1.165) is 18.5 Å². The van der Waals surface area contributed by atoms with Crippen molar-refractivity contribution in [2.24, 2.45) is 11.8 Å². The molecular formula is C13H22N2O2. The largest absolute Gasteiger partial charge is 0.481 e. The molecule has 0 bridgehead atoms. The zero-order valence-electron chi connectivity index (χ0n) is 11.1. The summed E-state index contributed by atoms with van der Waals surface area (Å²) in [7, 11) is 0. The van der Waals surface area contributed by atoms with Gasteiger partial charge in [0.25, 0.3) is 0 Å². The van der Waals surface area contributed by atoms with E-state index in [1.165, 1.54) is 0 Å². The van der Waals surface area contributed by atoms with Gasteiger partial charge in [0.05, 0.1) is 11.6 Å². The van der Waals surface area contributed by atoms with Gasteiger partial charge in [-0.15, -0.1) is 0 Å². The van der Waals surface area contributed by atoms with E-state index in [1.807, 2.05) is 23.9 Å². The number of rotatable bonds is 6. The van der Waals surface area contributed by atoms with Gasteiger partial charge in [0, 0.05) is 12.2 Å². The number of nitrogens with zero attached hydrogens (tertiary/aromatic N) is 2. The van der Waals surface area contributed by atoms with E-state index < -0.39 is 5.97 Å². The van der Waals surface area contributed by atoms with Gasteiger partial charge in [-0.05, 0) is 31.7 Å². The molecule has 1 N–H and O–H groups in total. The average Bonchev–Trinajstić information content (AvgIpc) is 2.75. The van der Waals surface area contributed by atoms with Gasteiger partial charge in [0.2, 0.25) is 0 Å². The summed E-state index contributed by atoms with van der Waals surface area (Å²) in [4.78, 5) is 10.9. The molecule has 96 valence electrons. The number of hydrogen-bond acceptors (Lipinski definition) is 2. The first kappa shape index (κ1) is 13.7. The second kappa shape index (κ2) is 5.84. The van der Waals surface area contributed by atoms with Gasteiger partial charge < -0.3 is 5.11 Å². The van der Waals surface area contributed by atoms with E-state index in [-0.39, 0.29) is 11.8 Å². The number of carbonyl (C=O) groups is 1. The third-order valence-corrected chi connectivity index (χ3v) is 3.48. The molecule has 1 heterocycles. The molecule has 0 fully saturated rings. The van der Waals surface area contributed by atoms with E-state index in [1.54, 1.807) is 6.92 Å². The number of carboxylic acids is 1. The van der Waals surface area contributed by atoms with Crippen molar-refractivity contribution >= 4 is 5.97 Å². The van der Waals surface area contributed by atoms with Crippen LogP contribution in [-0.4, -0.2) is 20.9 Å². The van der Waals surface area contributed by atoms with Crippen LogP contribution in [0.25, 0.3) is 0 Å². The topological polar surface area (TPSA) is 55.1 Å². The van der Waals surface area contributed by atoms with E-state index >= 15 is 0 Å². The normalized spacial score (nSPS) is 16.5. The van der Waals surface area contributed by atoms with Crippen molar-refractivity contribution in [2.45, 2.75) is 46.6 Å². The summed E-state index contributed by atoms with van der Waals surface area (Å²) in [6.45, 7) is 7.96. The maximum atomic E-state index is 10.9. The first-order valence-electron chi connectivity index (χ1n) is 6.22. The number of carboxylic acid groups (broad SMARTS) is 1. The minimum absolute atomic E-state index is 0.104. The SMILES string of the molecule is CCC(C)n1ccc(CC(C)C(C)C(=O)O)n1. The van der Waals surface area contributed by atoms with Crippen LogP contribution in [0.3, 0.4) is 0 Å². The van der Waals surface area contributed by atoms with Crippen molar-refractivity contribution in [1.82, 2.24) is 9.78 Å². The zero-order valence-corrected chi connectivity index (χ0v) is 11.1. The molecule has 0 aromatic carbocycles. The van der Waals surface area contributed by atoms with Crippen LogP contribution < -0.4 is 0 Å². The Morgan fingerprint density at radius 1 is 1.47 bits per heavy atom. The number of aromatic nitrogens is 2. The predicted molar refractivity (Wildman–Crippen MR) is 66.9 cm³/mol. The van der Waals surface area contributed by atoms with Gasteiger partial charge >= 0.3 is 5.97 Å². The summed E-state index contributed by atoms with van der Waals surface area (Å²) in [5.41, 5.74) is 0.978. The lowest BCUT2D eigenvalue weighted by atomic mass is 9.92. The van der Waals surface area contributed by atoms with Gasteiger partial charge in [-0.3, -0.25) is 9.48 Å². The van der Waals surface area contributed by atoms with Crippen LogP contribution in [0.4, 0.5) is 0 Å². The van der Waals surface area contributed by atoms with Crippen LogP contribution in [-0.2, 0) is 11.2 Å². The van der Waals surface area contributed by atoms with Crippen molar-refractivity contribution in [1.29, 1.82) is 0 Å². The first-order chi connectivity index (χ1) is 7.95.